The van der Waals surface area contributed by atoms with Crippen LogP contribution in [0.4, 0.5) is 0 Å². The van der Waals surface area contributed by atoms with Crippen molar-refractivity contribution in [1.82, 2.24) is 0 Å². The van der Waals surface area contributed by atoms with Gasteiger partial charge in [0.05, 0.1) is 0 Å². The number of hydrogen-bond donors (Lipinski definition) is 2. The van der Waals surface area contributed by atoms with Gasteiger partial charge in [-0.15, -0.1) is 0 Å². The largest absolute Gasteiger partial charge is 0.488 e. The van der Waals surface area contributed by atoms with Crippen molar-refractivity contribution in [3.63, 3.8) is 0 Å². The summed E-state index contributed by atoms with van der Waals surface area (Å²) in [7, 11) is -1.39. The van der Waals surface area contributed by atoms with Crippen LogP contribution >= 0.6 is 22.6 Å². The number of fused-ring (bicyclic) bond motifs is 1. The van der Waals surface area contributed by atoms with E-state index in [1.54, 1.807) is 12.1 Å². The normalized spacial score (nSPS) is 10.5. The van der Waals surface area contributed by atoms with E-state index in [-0.39, 0.29) is 0 Å². The fraction of sp³-hybridized carbons (Fsp3) is 0. The van der Waals surface area contributed by atoms with E-state index in [9.17, 15) is 0 Å². The minimum absolute atomic E-state index is 0.527. The van der Waals surface area contributed by atoms with Gasteiger partial charge in [-0.05, 0) is 51.0 Å². The van der Waals surface area contributed by atoms with Crippen LogP contribution in [0.1, 0.15) is 0 Å². The third-order valence-corrected chi connectivity index (χ3v) is 2.80. The quantitative estimate of drug-likeness (QED) is 0.612. The molecule has 0 aliphatic heterocycles. The SMILES string of the molecule is OB(O)c1ccc2cc(I)ccc2c1. The first-order valence-corrected chi connectivity index (χ1v) is 5.30. The molecule has 0 atom stereocenters. The molecule has 70 valence electrons. The summed E-state index contributed by atoms with van der Waals surface area (Å²) in [6, 6.07) is 11.4. The average molecular weight is 298 g/mol. The van der Waals surface area contributed by atoms with Crippen LogP contribution in [-0.2, 0) is 0 Å². The highest BCUT2D eigenvalue weighted by atomic mass is 127. The Labute approximate surface area is 95.9 Å². The van der Waals surface area contributed by atoms with Crippen LogP contribution in [0, 0.1) is 3.57 Å². The van der Waals surface area contributed by atoms with E-state index < -0.39 is 7.12 Å². The first-order valence-electron chi connectivity index (χ1n) is 4.22. The third kappa shape index (κ3) is 1.92. The van der Waals surface area contributed by atoms with Gasteiger partial charge in [-0.2, -0.15) is 0 Å². The highest BCUT2D eigenvalue weighted by Gasteiger charge is 2.10. The zero-order valence-electron chi connectivity index (χ0n) is 7.31. The summed E-state index contributed by atoms with van der Waals surface area (Å²) < 4.78 is 1.17. The van der Waals surface area contributed by atoms with Crippen molar-refractivity contribution >= 4 is 45.9 Å². The van der Waals surface area contributed by atoms with E-state index in [2.05, 4.69) is 28.7 Å². The predicted molar refractivity (Wildman–Crippen MR) is 66.5 cm³/mol. The lowest BCUT2D eigenvalue weighted by Crippen LogP contribution is -2.29. The maximum Gasteiger partial charge on any atom is 0.488 e. The minimum Gasteiger partial charge on any atom is -0.423 e. The predicted octanol–water partition coefficient (Wildman–Crippen LogP) is 1.12. The topological polar surface area (TPSA) is 40.5 Å². The standard InChI is InChI=1S/C10H8BIO2/c12-10-4-2-7-5-9(11(13)14)3-1-8(7)6-10/h1-6,13-14H. The second-order valence-corrected chi connectivity index (χ2v) is 4.37. The van der Waals surface area contributed by atoms with Gasteiger partial charge in [0.2, 0.25) is 0 Å². The third-order valence-electron chi connectivity index (χ3n) is 2.12. The molecule has 0 bridgehead atoms. The summed E-state index contributed by atoms with van der Waals surface area (Å²) in [6.07, 6.45) is 0. The minimum atomic E-state index is -1.39. The molecule has 0 aromatic heterocycles. The van der Waals surface area contributed by atoms with Gasteiger partial charge in [-0.25, -0.2) is 0 Å². The Balaban J connectivity index is 2.62. The Morgan fingerprint density at radius 3 is 2.29 bits per heavy atom. The lowest BCUT2D eigenvalue weighted by molar-refractivity contribution is 0.426. The Morgan fingerprint density at radius 1 is 0.929 bits per heavy atom. The highest BCUT2D eigenvalue weighted by Crippen LogP contribution is 2.15. The smallest absolute Gasteiger partial charge is 0.423 e. The molecule has 2 rings (SSSR count). The molecule has 0 radical (unpaired) electrons. The van der Waals surface area contributed by atoms with Gasteiger partial charge in [-0.1, -0.05) is 24.3 Å². The van der Waals surface area contributed by atoms with E-state index in [0.717, 1.165) is 10.8 Å². The van der Waals surface area contributed by atoms with Gasteiger partial charge in [0, 0.05) is 3.57 Å². The van der Waals surface area contributed by atoms with E-state index in [4.69, 9.17) is 10.0 Å². The molecule has 0 fully saturated rings. The van der Waals surface area contributed by atoms with Crippen molar-refractivity contribution in [1.29, 1.82) is 0 Å². The van der Waals surface area contributed by atoms with Crippen molar-refractivity contribution in [2.24, 2.45) is 0 Å². The van der Waals surface area contributed by atoms with E-state index >= 15 is 0 Å². The zero-order valence-corrected chi connectivity index (χ0v) is 9.47. The van der Waals surface area contributed by atoms with E-state index in [1.807, 2.05) is 18.2 Å². The molecule has 4 heteroatoms. The summed E-state index contributed by atoms with van der Waals surface area (Å²) in [5.41, 5.74) is 0.527. The first kappa shape index (κ1) is 9.95. The van der Waals surface area contributed by atoms with Gasteiger partial charge in [0.1, 0.15) is 0 Å². The molecule has 2 nitrogen and oxygen atoms in total. The van der Waals surface area contributed by atoms with Crippen LogP contribution in [0.15, 0.2) is 36.4 Å². The molecule has 0 amide bonds. The van der Waals surface area contributed by atoms with Crippen molar-refractivity contribution in [2.45, 2.75) is 0 Å². The number of halogens is 1. The van der Waals surface area contributed by atoms with Crippen LogP contribution in [0.2, 0.25) is 0 Å². The molecule has 0 aliphatic carbocycles. The fourth-order valence-electron chi connectivity index (χ4n) is 1.40. The Hall–Kier alpha value is -0.585. The fourth-order valence-corrected chi connectivity index (χ4v) is 1.91. The Kier molecular flexibility index (Phi) is 2.76. The van der Waals surface area contributed by atoms with Gasteiger partial charge in [0.25, 0.3) is 0 Å². The molecular formula is C10H8BIO2. The summed E-state index contributed by atoms with van der Waals surface area (Å²) in [5.74, 6) is 0. The second kappa shape index (κ2) is 3.88. The van der Waals surface area contributed by atoms with Gasteiger partial charge < -0.3 is 10.0 Å². The molecule has 2 aromatic carbocycles. The maximum atomic E-state index is 8.99. The molecule has 2 N–H and O–H groups in total. The zero-order chi connectivity index (χ0) is 10.1. The van der Waals surface area contributed by atoms with E-state index in [0.29, 0.717) is 5.46 Å². The maximum absolute atomic E-state index is 8.99. The van der Waals surface area contributed by atoms with Crippen LogP contribution in [0.3, 0.4) is 0 Å². The lowest BCUT2D eigenvalue weighted by atomic mass is 9.79. The average Bonchev–Trinajstić information content (AvgIpc) is 2.16. The Morgan fingerprint density at radius 2 is 1.57 bits per heavy atom. The summed E-state index contributed by atoms with van der Waals surface area (Å²) in [4.78, 5) is 0. The van der Waals surface area contributed by atoms with Crippen molar-refractivity contribution < 1.29 is 10.0 Å². The molecule has 0 saturated heterocycles. The molecule has 0 aliphatic rings. The molecule has 0 spiro atoms. The van der Waals surface area contributed by atoms with Crippen molar-refractivity contribution in [3.05, 3.63) is 40.0 Å². The number of hydrogen-bond acceptors (Lipinski definition) is 2. The molecule has 14 heavy (non-hydrogen) atoms. The molecule has 2 aromatic rings. The summed E-state index contributed by atoms with van der Waals surface area (Å²) >= 11 is 2.25. The van der Waals surface area contributed by atoms with Crippen LogP contribution in [0.5, 0.6) is 0 Å². The summed E-state index contributed by atoms with van der Waals surface area (Å²) in [6.45, 7) is 0. The van der Waals surface area contributed by atoms with Crippen LogP contribution in [-0.4, -0.2) is 17.2 Å². The van der Waals surface area contributed by atoms with Crippen LogP contribution < -0.4 is 5.46 Å². The Bertz CT molecular complexity index is 471. The van der Waals surface area contributed by atoms with Crippen molar-refractivity contribution in [3.8, 4) is 0 Å². The second-order valence-electron chi connectivity index (χ2n) is 3.12. The number of rotatable bonds is 1. The molecule has 0 unspecified atom stereocenters. The van der Waals surface area contributed by atoms with Gasteiger partial charge in [-0.3, -0.25) is 0 Å². The number of benzene rings is 2. The first-order chi connectivity index (χ1) is 6.66. The van der Waals surface area contributed by atoms with Gasteiger partial charge >= 0.3 is 7.12 Å². The monoisotopic (exact) mass is 298 g/mol. The lowest BCUT2D eigenvalue weighted by Gasteiger charge is -2.02. The molecule has 0 heterocycles. The summed E-state index contributed by atoms with van der Waals surface area (Å²) in [5, 5.41) is 20.1. The highest BCUT2D eigenvalue weighted by molar-refractivity contribution is 14.1. The van der Waals surface area contributed by atoms with Crippen molar-refractivity contribution in [2.75, 3.05) is 0 Å². The van der Waals surface area contributed by atoms with Crippen LogP contribution in [0.25, 0.3) is 10.8 Å². The molecular weight excluding hydrogens is 290 g/mol. The van der Waals surface area contributed by atoms with E-state index in [1.165, 1.54) is 3.57 Å². The molecule has 0 saturated carbocycles. The van der Waals surface area contributed by atoms with Gasteiger partial charge in [0.15, 0.2) is 0 Å².